The SMILES string of the molecule is CCCNCc1ccc(OC(C)(OCC)OCC)cc1. The third-order valence-corrected chi connectivity index (χ3v) is 2.80. The maximum atomic E-state index is 5.80. The van der Waals surface area contributed by atoms with Crippen LogP contribution in [0.4, 0.5) is 0 Å². The summed E-state index contributed by atoms with van der Waals surface area (Å²) >= 11 is 0. The number of ether oxygens (including phenoxy) is 3. The minimum Gasteiger partial charge on any atom is -0.439 e. The topological polar surface area (TPSA) is 39.7 Å². The Kier molecular flexibility index (Phi) is 7.59. The molecule has 1 rings (SSSR count). The van der Waals surface area contributed by atoms with Gasteiger partial charge in [0, 0.05) is 13.5 Å². The Morgan fingerprint density at radius 1 is 1.00 bits per heavy atom. The fraction of sp³-hybridized carbons (Fsp3) is 0.625. The molecule has 1 aromatic carbocycles. The molecule has 0 unspecified atom stereocenters. The van der Waals surface area contributed by atoms with Crippen LogP contribution in [0.5, 0.6) is 5.75 Å². The van der Waals surface area contributed by atoms with E-state index in [1.807, 2.05) is 26.0 Å². The first-order valence-corrected chi connectivity index (χ1v) is 7.40. The van der Waals surface area contributed by atoms with Gasteiger partial charge in [-0.1, -0.05) is 19.1 Å². The first-order chi connectivity index (χ1) is 9.63. The monoisotopic (exact) mass is 281 g/mol. The average Bonchev–Trinajstić information content (AvgIpc) is 2.41. The Morgan fingerprint density at radius 3 is 2.10 bits per heavy atom. The van der Waals surface area contributed by atoms with Gasteiger partial charge in [0.25, 0.3) is 0 Å². The van der Waals surface area contributed by atoms with Crippen molar-refractivity contribution in [2.24, 2.45) is 0 Å². The molecule has 0 bridgehead atoms. The van der Waals surface area contributed by atoms with Crippen molar-refractivity contribution in [3.8, 4) is 5.75 Å². The first-order valence-electron chi connectivity index (χ1n) is 7.40. The number of benzene rings is 1. The van der Waals surface area contributed by atoms with E-state index in [9.17, 15) is 0 Å². The van der Waals surface area contributed by atoms with E-state index in [0.717, 1.165) is 25.3 Å². The predicted octanol–water partition coefficient (Wildman–Crippen LogP) is 3.31. The summed E-state index contributed by atoms with van der Waals surface area (Å²) in [5.41, 5.74) is 1.24. The van der Waals surface area contributed by atoms with E-state index in [2.05, 4.69) is 24.4 Å². The second kappa shape index (κ2) is 8.95. The molecule has 0 aliphatic carbocycles. The number of hydrogen-bond donors (Lipinski definition) is 1. The van der Waals surface area contributed by atoms with Crippen molar-refractivity contribution in [2.75, 3.05) is 19.8 Å². The van der Waals surface area contributed by atoms with Crippen molar-refractivity contribution in [1.82, 2.24) is 5.32 Å². The Bertz CT molecular complexity index is 358. The van der Waals surface area contributed by atoms with Gasteiger partial charge in [0.15, 0.2) is 0 Å². The third-order valence-electron chi connectivity index (χ3n) is 2.80. The van der Waals surface area contributed by atoms with Crippen LogP contribution in [-0.4, -0.2) is 25.7 Å². The number of nitrogens with one attached hydrogen (secondary N) is 1. The fourth-order valence-corrected chi connectivity index (χ4v) is 1.92. The zero-order valence-corrected chi connectivity index (χ0v) is 13.1. The minimum absolute atomic E-state index is 0.537. The van der Waals surface area contributed by atoms with E-state index in [1.165, 1.54) is 5.56 Å². The molecule has 20 heavy (non-hydrogen) atoms. The van der Waals surface area contributed by atoms with E-state index in [-0.39, 0.29) is 0 Å². The van der Waals surface area contributed by atoms with Crippen molar-refractivity contribution in [3.05, 3.63) is 29.8 Å². The van der Waals surface area contributed by atoms with Gasteiger partial charge in [0.05, 0.1) is 13.2 Å². The smallest absolute Gasteiger partial charge is 0.323 e. The molecule has 0 radical (unpaired) electrons. The number of hydrogen-bond acceptors (Lipinski definition) is 4. The van der Waals surface area contributed by atoms with Crippen LogP contribution in [-0.2, 0) is 16.0 Å². The Labute approximate surface area is 122 Å². The summed E-state index contributed by atoms with van der Waals surface area (Å²) < 4.78 is 16.9. The maximum Gasteiger partial charge on any atom is 0.323 e. The molecule has 0 aromatic heterocycles. The van der Waals surface area contributed by atoms with Crippen LogP contribution in [0.2, 0.25) is 0 Å². The zero-order chi connectivity index (χ0) is 14.8. The first kappa shape index (κ1) is 17.0. The van der Waals surface area contributed by atoms with Crippen LogP contribution in [0.3, 0.4) is 0 Å². The van der Waals surface area contributed by atoms with Crippen molar-refractivity contribution in [1.29, 1.82) is 0 Å². The normalized spacial score (nSPS) is 11.6. The zero-order valence-electron chi connectivity index (χ0n) is 13.1. The van der Waals surface area contributed by atoms with Crippen LogP contribution in [0.1, 0.15) is 39.7 Å². The van der Waals surface area contributed by atoms with E-state index in [0.29, 0.717) is 13.2 Å². The van der Waals surface area contributed by atoms with Gasteiger partial charge in [0.1, 0.15) is 5.75 Å². The molecule has 0 spiro atoms. The van der Waals surface area contributed by atoms with Crippen LogP contribution < -0.4 is 10.1 Å². The highest BCUT2D eigenvalue weighted by Gasteiger charge is 2.27. The van der Waals surface area contributed by atoms with Crippen molar-refractivity contribution >= 4 is 0 Å². The second-order valence-corrected chi connectivity index (χ2v) is 4.65. The van der Waals surface area contributed by atoms with E-state index in [4.69, 9.17) is 14.2 Å². The van der Waals surface area contributed by atoms with Gasteiger partial charge in [0.2, 0.25) is 0 Å². The molecule has 1 aromatic rings. The van der Waals surface area contributed by atoms with Gasteiger partial charge in [-0.15, -0.1) is 0 Å². The van der Waals surface area contributed by atoms with Gasteiger partial charge in [-0.2, -0.15) is 0 Å². The summed E-state index contributed by atoms with van der Waals surface area (Å²) in [5, 5.41) is 3.37. The second-order valence-electron chi connectivity index (χ2n) is 4.65. The Hall–Kier alpha value is -1.10. The van der Waals surface area contributed by atoms with Gasteiger partial charge >= 0.3 is 5.97 Å². The highest BCUT2D eigenvalue weighted by Crippen LogP contribution is 2.21. The van der Waals surface area contributed by atoms with E-state index in [1.54, 1.807) is 6.92 Å². The van der Waals surface area contributed by atoms with Gasteiger partial charge in [-0.3, -0.25) is 0 Å². The van der Waals surface area contributed by atoms with Crippen molar-refractivity contribution in [2.45, 2.75) is 46.6 Å². The van der Waals surface area contributed by atoms with Gasteiger partial charge in [-0.05, 0) is 44.5 Å². The molecule has 114 valence electrons. The fourth-order valence-electron chi connectivity index (χ4n) is 1.92. The summed E-state index contributed by atoms with van der Waals surface area (Å²) in [4.78, 5) is 0. The molecule has 4 heteroatoms. The summed E-state index contributed by atoms with van der Waals surface area (Å²) in [6.07, 6.45) is 1.14. The van der Waals surface area contributed by atoms with Crippen molar-refractivity contribution < 1.29 is 14.2 Å². The van der Waals surface area contributed by atoms with Crippen LogP contribution in [0.15, 0.2) is 24.3 Å². The molecule has 0 amide bonds. The molecular weight excluding hydrogens is 254 g/mol. The Morgan fingerprint density at radius 2 is 1.60 bits per heavy atom. The lowest BCUT2D eigenvalue weighted by molar-refractivity contribution is -0.328. The lowest BCUT2D eigenvalue weighted by Gasteiger charge is -2.29. The maximum absolute atomic E-state index is 5.80. The summed E-state index contributed by atoms with van der Waals surface area (Å²) in [6.45, 7) is 10.8. The van der Waals surface area contributed by atoms with E-state index >= 15 is 0 Å². The highest BCUT2D eigenvalue weighted by atomic mass is 16.9. The molecule has 4 nitrogen and oxygen atoms in total. The summed E-state index contributed by atoms with van der Waals surface area (Å²) in [6, 6.07) is 7.99. The minimum atomic E-state index is -1.02. The van der Waals surface area contributed by atoms with Gasteiger partial charge < -0.3 is 19.5 Å². The standard InChI is InChI=1S/C16H27NO3/c1-5-12-17-13-14-8-10-15(11-9-14)20-16(4,18-6-2)19-7-3/h8-11,17H,5-7,12-13H2,1-4H3. The average molecular weight is 281 g/mol. The predicted molar refractivity (Wildman–Crippen MR) is 80.7 cm³/mol. The molecule has 0 saturated heterocycles. The third kappa shape index (κ3) is 5.90. The van der Waals surface area contributed by atoms with Crippen LogP contribution >= 0.6 is 0 Å². The summed E-state index contributed by atoms with van der Waals surface area (Å²) in [5.74, 6) is -0.278. The van der Waals surface area contributed by atoms with Gasteiger partial charge in [-0.25, -0.2) is 0 Å². The molecule has 1 N–H and O–H groups in total. The van der Waals surface area contributed by atoms with Crippen molar-refractivity contribution in [3.63, 3.8) is 0 Å². The number of rotatable bonds is 10. The molecule has 0 saturated carbocycles. The highest BCUT2D eigenvalue weighted by molar-refractivity contribution is 5.27. The van der Waals surface area contributed by atoms with Crippen LogP contribution in [0.25, 0.3) is 0 Å². The molecule has 0 fully saturated rings. The lowest BCUT2D eigenvalue weighted by atomic mass is 10.2. The van der Waals surface area contributed by atoms with Crippen LogP contribution in [0, 0.1) is 0 Å². The van der Waals surface area contributed by atoms with E-state index < -0.39 is 5.97 Å². The largest absolute Gasteiger partial charge is 0.439 e. The molecule has 0 aliphatic heterocycles. The summed E-state index contributed by atoms with van der Waals surface area (Å²) in [7, 11) is 0. The molecule has 0 heterocycles. The molecule has 0 aliphatic rings. The molecule has 0 atom stereocenters. The Balaban J connectivity index is 2.58. The molecular formula is C16H27NO3. The quantitative estimate of drug-likeness (QED) is 0.527. The lowest BCUT2D eigenvalue weighted by Crippen LogP contribution is -2.39.